The predicted octanol–water partition coefficient (Wildman–Crippen LogP) is -0.241. The minimum Gasteiger partial charge on any atom is -0.329 e. The van der Waals surface area contributed by atoms with Gasteiger partial charge < -0.3 is 19.1 Å². The van der Waals surface area contributed by atoms with Gasteiger partial charge in [0.25, 0.3) is 0 Å². The first kappa shape index (κ1) is 13.7. The summed E-state index contributed by atoms with van der Waals surface area (Å²) in [6.45, 7) is 0.365. The van der Waals surface area contributed by atoms with E-state index in [1.54, 1.807) is 0 Å². The van der Waals surface area contributed by atoms with Gasteiger partial charge in [-0.05, 0) is 0 Å². The number of rotatable bonds is 6. The summed E-state index contributed by atoms with van der Waals surface area (Å²) in [6, 6.07) is 0. The fraction of sp³-hybridized carbons (Fsp3) is 0.857. The number of quaternary nitrogens is 1. The van der Waals surface area contributed by atoms with Crippen LogP contribution in [0.25, 0.3) is 0 Å². The smallest absolute Gasteiger partial charge is 0.329 e. The van der Waals surface area contributed by atoms with Crippen molar-refractivity contribution in [1.82, 2.24) is 0 Å². The quantitative estimate of drug-likeness (QED) is 0.371. The van der Waals surface area contributed by atoms with Gasteiger partial charge in [-0.25, -0.2) is 4.57 Å². The Bertz CT molecular complexity index is 231. The lowest BCUT2D eigenvalue weighted by atomic mass is 10.2. The Morgan fingerprint density at radius 1 is 1.43 bits per heavy atom. The Labute approximate surface area is 83.3 Å². The average molecular weight is 226 g/mol. The molecule has 0 saturated heterocycles. The summed E-state index contributed by atoms with van der Waals surface area (Å²) in [7, 11) is 1.04. The number of likely N-dealkylation sites (N-methyl/N-ethyl adjacent to an activating group) is 1. The van der Waals surface area contributed by atoms with Gasteiger partial charge in [0, 0.05) is 6.42 Å². The molecule has 0 radical (unpaired) electrons. The van der Waals surface area contributed by atoms with Gasteiger partial charge in [-0.3, -0.25) is 4.52 Å². The van der Waals surface area contributed by atoms with E-state index in [-0.39, 0.29) is 6.42 Å². The van der Waals surface area contributed by atoms with Crippen LogP contribution in [-0.4, -0.2) is 54.3 Å². The van der Waals surface area contributed by atoms with Crippen molar-refractivity contribution < 1.29 is 28.2 Å². The number of aldehydes is 1. The zero-order valence-electron chi connectivity index (χ0n) is 8.58. The maximum atomic E-state index is 10.6. The molecule has 84 valence electrons. The van der Waals surface area contributed by atoms with Gasteiger partial charge in [-0.1, -0.05) is 0 Å². The van der Waals surface area contributed by atoms with Crippen molar-refractivity contribution in [3.05, 3.63) is 0 Å². The molecule has 0 aromatic carbocycles. The minimum absolute atomic E-state index is 0.0133. The fourth-order valence-corrected chi connectivity index (χ4v) is 1.60. The molecular weight excluding hydrogens is 209 g/mol. The molecule has 0 aromatic rings. The predicted molar refractivity (Wildman–Crippen MR) is 50.5 cm³/mol. The maximum absolute atomic E-state index is 10.6. The largest absolute Gasteiger partial charge is 0.470 e. The Morgan fingerprint density at radius 2 is 1.93 bits per heavy atom. The Kier molecular flexibility index (Phi) is 4.91. The summed E-state index contributed by atoms with van der Waals surface area (Å²) in [5.41, 5.74) is 0. The molecule has 0 spiro atoms. The normalized spacial score (nSPS) is 15.2. The van der Waals surface area contributed by atoms with Crippen LogP contribution in [0, 0.1) is 0 Å². The number of carbonyl (C=O) groups is 1. The van der Waals surface area contributed by atoms with Gasteiger partial charge in [0.05, 0.1) is 21.1 Å². The van der Waals surface area contributed by atoms with E-state index in [4.69, 9.17) is 9.79 Å². The molecule has 0 aliphatic rings. The van der Waals surface area contributed by atoms with Crippen LogP contribution in [-0.2, 0) is 13.9 Å². The molecule has 0 fully saturated rings. The molecule has 0 aromatic heterocycles. The zero-order chi connectivity index (χ0) is 11.4. The van der Waals surface area contributed by atoms with E-state index in [9.17, 15) is 9.36 Å². The van der Waals surface area contributed by atoms with Crippen molar-refractivity contribution in [1.29, 1.82) is 0 Å². The molecule has 0 saturated carbocycles. The molecule has 1 atom stereocenters. The molecule has 0 rings (SSSR count). The summed E-state index contributed by atoms with van der Waals surface area (Å²) >= 11 is 0. The molecule has 7 heteroatoms. The molecule has 0 aliphatic heterocycles. The summed E-state index contributed by atoms with van der Waals surface area (Å²) in [6.07, 6.45) is -0.162. The Hall–Kier alpha value is -0.260. The number of nitrogens with zero attached hydrogens (tertiary/aromatic N) is 1. The lowest BCUT2D eigenvalue weighted by Crippen LogP contribution is -2.42. The highest BCUT2D eigenvalue weighted by Gasteiger charge is 2.26. The van der Waals surface area contributed by atoms with Crippen molar-refractivity contribution in [2.24, 2.45) is 0 Å². The van der Waals surface area contributed by atoms with Crippen LogP contribution in [0.15, 0.2) is 0 Å². The average Bonchev–Trinajstić information content (AvgIpc) is 1.78. The summed E-state index contributed by atoms with van der Waals surface area (Å²) in [5, 5.41) is 0. The second-order valence-electron chi connectivity index (χ2n) is 4.09. The van der Waals surface area contributed by atoms with Gasteiger partial charge in [0.1, 0.15) is 18.9 Å². The van der Waals surface area contributed by atoms with Crippen LogP contribution in [0.5, 0.6) is 0 Å². The lowest BCUT2D eigenvalue weighted by molar-refractivity contribution is -0.873. The molecule has 14 heavy (non-hydrogen) atoms. The van der Waals surface area contributed by atoms with Gasteiger partial charge >= 0.3 is 7.82 Å². The monoisotopic (exact) mass is 226 g/mol. The molecule has 2 N–H and O–H groups in total. The van der Waals surface area contributed by atoms with Crippen LogP contribution in [0.1, 0.15) is 6.42 Å². The van der Waals surface area contributed by atoms with Crippen molar-refractivity contribution in [2.45, 2.75) is 12.5 Å². The molecule has 0 aliphatic carbocycles. The molecule has 1 unspecified atom stereocenters. The van der Waals surface area contributed by atoms with Crippen molar-refractivity contribution in [3.8, 4) is 0 Å². The van der Waals surface area contributed by atoms with Crippen LogP contribution in [0.3, 0.4) is 0 Å². The zero-order valence-corrected chi connectivity index (χ0v) is 9.48. The van der Waals surface area contributed by atoms with Crippen LogP contribution >= 0.6 is 7.82 Å². The second kappa shape index (κ2) is 5.00. The van der Waals surface area contributed by atoms with E-state index >= 15 is 0 Å². The van der Waals surface area contributed by atoms with E-state index < -0.39 is 13.9 Å². The van der Waals surface area contributed by atoms with E-state index in [2.05, 4.69) is 4.52 Å². The second-order valence-corrected chi connectivity index (χ2v) is 5.29. The molecule has 0 heterocycles. The van der Waals surface area contributed by atoms with E-state index in [1.165, 1.54) is 0 Å². The van der Waals surface area contributed by atoms with E-state index in [0.717, 1.165) is 0 Å². The Morgan fingerprint density at radius 3 is 2.21 bits per heavy atom. The van der Waals surface area contributed by atoms with Gasteiger partial charge in [-0.2, -0.15) is 0 Å². The molecule has 0 amide bonds. The number of phosphoric acid groups is 1. The third-order valence-corrected chi connectivity index (χ3v) is 1.97. The third-order valence-electron chi connectivity index (χ3n) is 1.40. The summed E-state index contributed by atoms with van der Waals surface area (Å²) in [5.74, 6) is 0. The fourth-order valence-electron chi connectivity index (χ4n) is 1.06. The third kappa shape index (κ3) is 8.34. The van der Waals surface area contributed by atoms with Gasteiger partial charge in [-0.15, -0.1) is 0 Å². The molecular formula is C7H17NO5P+. The van der Waals surface area contributed by atoms with Crippen LogP contribution in [0.2, 0.25) is 0 Å². The first-order valence-corrected chi connectivity index (χ1v) is 5.65. The SMILES string of the molecule is C[N+](C)(C)CC(CC=O)OP(=O)(O)O. The van der Waals surface area contributed by atoms with E-state index in [0.29, 0.717) is 17.3 Å². The van der Waals surface area contributed by atoms with Crippen molar-refractivity contribution in [2.75, 3.05) is 27.7 Å². The Balaban J connectivity index is 4.30. The number of phosphoric ester groups is 1. The molecule has 0 bridgehead atoms. The van der Waals surface area contributed by atoms with E-state index in [1.807, 2.05) is 21.1 Å². The molecule has 6 nitrogen and oxygen atoms in total. The lowest BCUT2D eigenvalue weighted by Gasteiger charge is -2.28. The summed E-state index contributed by atoms with van der Waals surface area (Å²) in [4.78, 5) is 27.4. The number of carbonyl (C=O) groups excluding carboxylic acids is 1. The highest BCUT2D eigenvalue weighted by Crippen LogP contribution is 2.38. The highest BCUT2D eigenvalue weighted by atomic mass is 31.2. The topological polar surface area (TPSA) is 83.8 Å². The van der Waals surface area contributed by atoms with Crippen LogP contribution < -0.4 is 0 Å². The number of hydrogen-bond acceptors (Lipinski definition) is 3. The van der Waals surface area contributed by atoms with Gasteiger partial charge in [0.2, 0.25) is 0 Å². The maximum Gasteiger partial charge on any atom is 0.470 e. The van der Waals surface area contributed by atoms with Gasteiger partial charge in [0.15, 0.2) is 0 Å². The highest BCUT2D eigenvalue weighted by molar-refractivity contribution is 7.46. The van der Waals surface area contributed by atoms with Crippen molar-refractivity contribution in [3.63, 3.8) is 0 Å². The first-order valence-electron chi connectivity index (χ1n) is 4.12. The first-order chi connectivity index (χ1) is 6.14. The summed E-state index contributed by atoms with van der Waals surface area (Å²) < 4.78 is 15.5. The van der Waals surface area contributed by atoms with Crippen molar-refractivity contribution >= 4 is 14.1 Å². The minimum atomic E-state index is -4.51. The van der Waals surface area contributed by atoms with Crippen LogP contribution in [0.4, 0.5) is 0 Å². The standard InChI is InChI=1S/C7H16NO5P/c1-8(2,3)6-7(4-5-9)13-14(10,11)12/h5,7H,4,6H2,1-3H3,(H-,10,11,12)/p+1. The number of hydrogen-bond donors (Lipinski definition) is 2.